The number of carbonyl (C=O) groups is 2. The zero-order valence-electron chi connectivity index (χ0n) is 23.9. The Kier molecular flexibility index (Phi) is 7.59. The molecule has 6 atom stereocenters. The lowest BCUT2D eigenvalue weighted by atomic mass is 9.43. The standard InChI is InChI=1S/C30H41BN4O4/c1-18(2)13-26(31-38-25-16-21-15-24(29(21,4)5)30(25,6)39-31)35-27(36)22(14-20-9-7-19(3)8-10-20)34-28(37)23-17-32-11-12-33-23/h7-12,17-18,21-22,24-26H,13-16H2,1-6H3,(H,34,37)(H,35,36)/t21-,22+,24-,25-,26+,30+/m1/s1. The van der Waals surface area contributed by atoms with E-state index in [1.807, 2.05) is 31.2 Å². The fourth-order valence-electron chi connectivity index (χ4n) is 6.92. The van der Waals surface area contributed by atoms with Crippen LogP contribution in [0.15, 0.2) is 42.9 Å². The minimum atomic E-state index is -0.803. The van der Waals surface area contributed by atoms with E-state index in [0.29, 0.717) is 30.6 Å². The van der Waals surface area contributed by atoms with Gasteiger partial charge in [0, 0.05) is 18.8 Å². The van der Waals surface area contributed by atoms with Crippen LogP contribution in [0.1, 0.15) is 75.5 Å². The Bertz CT molecular complexity index is 1190. The maximum absolute atomic E-state index is 13.8. The summed E-state index contributed by atoms with van der Waals surface area (Å²) in [6.07, 6.45) is 7.60. The lowest BCUT2D eigenvalue weighted by Gasteiger charge is -2.64. The summed E-state index contributed by atoms with van der Waals surface area (Å²) in [4.78, 5) is 34.9. The highest BCUT2D eigenvalue weighted by atomic mass is 16.7. The topological polar surface area (TPSA) is 102 Å². The Morgan fingerprint density at radius 3 is 2.49 bits per heavy atom. The third-order valence-corrected chi connectivity index (χ3v) is 9.33. The summed E-state index contributed by atoms with van der Waals surface area (Å²) in [7, 11) is -0.530. The van der Waals surface area contributed by atoms with Crippen molar-refractivity contribution >= 4 is 18.9 Å². The molecule has 0 unspecified atom stereocenters. The summed E-state index contributed by atoms with van der Waals surface area (Å²) in [5.74, 6) is 0.355. The number of benzene rings is 1. The maximum Gasteiger partial charge on any atom is 0.481 e. The molecule has 39 heavy (non-hydrogen) atoms. The molecule has 3 saturated carbocycles. The maximum atomic E-state index is 13.8. The van der Waals surface area contributed by atoms with Crippen LogP contribution in [0.5, 0.6) is 0 Å². The van der Waals surface area contributed by atoms with Gasteiger partial charge in [-0.3, -0.25) is 14.6 Å². The van der Waals surface area contributed by atoms with Crippen molar-refractivity contribution < 1.29 is 18.9 Å². The van der Waals surface area contributed by atoms with Crippen molar-refractivity contribution in [3.63, 3.8) is 0 Å². The summed E-state index contributed by atoms with van der Waals surface area (Å²) in [5, 5.41) is 6.11. The van der Waals surface area contributed by atoms with E-state index < -0.39 is 19.1 Å². The average molecular weight is 532 g/mol. The number of aromatic nitrogens is 2. The molecule has 2 aromatic rings. The summed E-state index contributed by atoms with van der Waals surface area (Å²) >= 11 is 0. The largest absolute Gasteiger partial charge is 0.481 e. The zero-order chi connectivity index (χ0) is 27.9. The molecule has 4 fully saturated rings. The molecule has 1 aromatic heterocycles. The van der Waals surface area contributed by atoms with Crippen LogP contribution in [0.25, 0.3) is 0 Å². The first kappa shape index (κ1) is 27.8. The molecule has 3 aliphatic carbocycles. The monoisotopic (exact) mass is 532 g/mol. The smallest absolute Gasteiger partial charge is 0.404 e. The minimum Gasteiger partial charge on any atom is -0.404 e. The third-order valence-electron chi connectivity index (χ3n) is 9.33. The molecule has 8 nitrogen and oxygen atoms in total. The van der Waals surface area contributed by atoms with Gasteiger partial charge in [0.15, 0.2) is 0 Å². The van der Waals surface area contributed by atoms with Gasteiger partial charge >= 0.3 is 7.12 Å². The number of hydrogen-bond acceptors (Lipinski definition) is 6. The molecule has 0 radical (unpaired) electrons. The molecule has 208 valence electrons. The summed E-state index contributed by atoms with van der Waals surface area (Å²) in [6, 6.07) is 7.18. The summed E-state index contributed by atoms with van der Waals surface area (Å²) in [5.41, 5.74) is 2.13. The Morgan fingerprint density at radius 1 is 1.10 bits per heavy atom. The Balaban J connectivity index is 1.34. The second-order valence-corrected chi connectivity index (χ2v) is 12.9. The van der Waals surface area contributed by atoms with Gasteiger partial charge in [-0.05, 0) is 61.8 Å². The van der Waals surface area contributed by atoms with Crippen molar-refractivity contribution in [1.29, 1.82) is 0 Å². The second-order valence-electron chi connectivity index (χ2n) is 12.9. The molecule has 2 amide bonds. The highest BCUT2D eigenvalue weighted by Gasteiger charge is 2.68. The van der Waals surface area contributed by atoms with E-state index in [9.17, 15) is 9.59 Å². The lowest BCUT2D eigenvalue weighted by molar-refractivity contribution is -0.199. The Hall–Kier alpha value is -2.78. The van der Waals surface area contributed by atoms with Crippen LogP contribution in [0, 0.1) is 30.1 Å². The van der Waals surface area contributed by atoms with E-state index in [1.165, 1.54) is 25.0 Å². The zero-order valence-corrected chi connectivity index (χ0v) is 23.9. The lowest BCUT2D eigenvalue weighted by Crippen LogP contribution is -2.65. The van der Waals surface area contributed by atoms with Crippen LogP contribution in [0.2, 0.25) is 0 Å². The predicted molar refractivity (Wildman–Crippen MR) is 150 cm³/mol. The molecule has 9 heteroatoms. The van der Waals surface area contributed by atoms with E-state index in [0.717, 1.165) is 17.5 Å². The first-order chi connectivity index (χ1) is 18.5. The van der Waals surface area contributed by atoms with E-state index >= 15 is 0 Å². The van der Waals surface area contributed by atoms with Crippen molar-refractivity contribution in [2.45, 2.75) is 90.9 Å². The van der Waals surface area contributed by atoms with Crippen LogP contribution in [0.3, 0.4) is 0 Å². The van der Waals surface area contributed by atoms with Gasteiger partial charge in [-0.2, -0.15) is 0 Å². The molecule has 2 bridgehead atoms. The number of rotatable bonds is 9. The number of aryl methyl sites for hydroxylation is 1. The van der Waals surface area contributed by atoms with Gasteiger partial charge in [0.2, 0.25) is 5.91 Å². The van der Waals surface area contributed by atoms with Crippen LogP contribution in [-0.4, -0.2) is 52.6 Å². The predicted octanol–water partition coefficient (Wildman–Crippen LogP) is 3.92. The van der Waals surface area contributed by atoms with E-state index in [2.05, 4.69) is 55.2 Å². The SMILES string of the molecule is Cc1ccc(C[C@H](NC(=O)c2cnccn2)C(=O)N[C@@H](CC(C)C)B2O[C@@H]3C[C@H]4C[C@H](C4(C)C)[C@]3(C)O2)cc1. The van der Waals surface area contributed by atoms with Crippen LogP contribution < -0.4 is 10.6 Å². The number of hydrogen-bond donors (Lipinski definition) is 2. The quantitative estimate of drug-likeness (QED) is 0.475. The van der Waals surface area contributed by atoms with Gasteiger partial charge in [0.1, 0.15) is 11.7 Å². The Labute approximate surface area is 232 Å². The second kappa shape index (κ2) is 10.7. The van der Waals surface area contributed by atoms with E-state index in [4.69, 9.17) is 9.31 Å². The molecule has 1 saturated heterocycles. The summed E-state index contributed by atoms with van der Waals surface area (Å²) < 4.78 is 13.3. The first-order valence-electron chi connectivity index (χ1n) is 14.2. The Morgan fingerprint density at radius 2 is 1.85 bits per heavy atom. The molecule has 6 rings (SSSR count). The minimum absolute atomic E-state index is 0.0329. The van der Waals surface area contributed by atoms with Crippen LogP contribution >= 0.6 is 0 Å². The highest BCUT2D eigenvalue weighted by Crippen LogP contribution is 2.65. The van der Waals surface area contributed by atoms with E-state index in [-0.39, 0.29) is 34.7 Å². The molecule has 2 N–H and O–H groups in total. The van der Waals surface area contributed by atoms with Gasteiger partial charge in [-0.1, -0.05) is 57.5 Å². The highest BCUT2D eigenvalue weighted by molar-refractivity contribution is 6.48. The fourth-order valence-corrected chi connectivity index (χ4v) is 6.92. The number of amides is 2. The van der Waals surface area contributed by atoms with E-state index in [1.54, 1.807) is 0 Å². The fraction of sp³-hybridized carbons (Fsp3) is 0.600. The van der Waals surface area contributed by atoms with Gasteiger partial charge in [0.25, 0.3) is 5.91 Å². The van der Waals surface area contributed by atoms with Gasteiger partial charge in [-0.25, -0.2) is 4.98 Å². The number of nitrogens with zero attached hydrogens (tertiary/aromatic N) is 2. The molecule has 4 aliphatic rings. The molecular weight excluding hydrogens is 491 g/mol. The van der Waals surface area contributed by atoms with Crippen molar-refractivity contribution in [3.8, 4) is 0 Å². The molecule has 1 aromatic carbocycles. The van der Waals surface area contributed by atoms with Crippen molar-refractivity contribution in [1.82, 2.24) is 20.6 Å². The van der Waals surface area contributed by atoms with Gasteiger partial charge in [0.05, 0.1) is 23.8 Å². The number of carbonyl (C=O) groups excluding carboxylic acids is 2. The molecule has 1 aliphatic heterocycles. The number of nitrogens with one attached hydrogen (secondary N) is 2. The first-order valence-corrected chi connectivity index (χ1v) is 14.2. The third kappa shape index (κ3) is 5.48. The molecular formula is C30H41BN4O4. The van der Waals surface area contributed by atoms with Crippen LogP contribution in [-0.2, 0) is 20.5 Å². The average Bonchev–Trinajstić information content (AvgIpc) is 3.26. The van der Waals surface area contributed by atoms with Gasteiger partial charge < -0.3 is 19.9 Å². The van der Waals surface area contributed by atoms with Crippen LogP contribution in [0.4, 0.5) is 0 Å². The normalized spacial score (nSPS) is 28.3. The molecule has 0 spiro atoms. The van der Waals surface area contributed by atoms with Gasteiger partial charge in [-0.15, -0.1) is 0 Å². The van der Waals surface area contributed by atoms with Crippen molar-refractivity contribution in [2.24, 2.45) is 23.2 Å². The summed E-state index contributed by atoms with van der Waals surface area (Å²) in [6.45, 7) is 13.1. The molecule has 2 heterocycles. The van der Waals surface area contributed by atoms with Crippen molar-refractivity contribution in [2.75, 3.05) is 0 Å². The van der Waals surface area contributed by atoms with Crippen molar-refractivity contribution in [3.05, 3.63) is 59.7 Å².